The number of sulfonamides is 1. The number of carbonyl (C=O) groups excluding carboxylic acids is 2. The smallest absolute Gasteiger partial charge is 0.264 e. The molecule has 0 fully saturated rings. The molecule has 4 aromatic rings. The molecule has 4 rings (SSSR count). The number of hydrogen-bond donors (Lipinski definition) is 1. The standard InChI is InChI=1S/C36H40ClN3O4S/c1-26-18-20-30(21-19-26)45(43,44)40(32-17-10-9-16-31(32)37)25-34(41)39(24-29-15-11-12-27(2)22-29)33(35(42)38-36(3,4)5)23-28-13-7-6-8-14-28/h6-22,33H,23-25H2,1-5H3,(H,38,42). The molecule has 0 heterocycles. The molecule has 0 aromatic heterocycles. The molecule has 45 heavy (non-hydrogen) atoms. The second kappa shape index (κ2) is 14.3. The molecule has 4 aromatic carbocycles. The Morgan fingerprint density at radius 1 is 0.800 bits per heavy atom. The summed E-state index contributed by atoms with van der Waals surface area (Å²) in [5, 5.41) is 3.22. The summed E-state index contributed by atoms with van der Waals surface area (Å²) in [4.78, 5) is 30.0. The van der Waals surface area contributed by atoms with Gasteiger partial charge in [-0.15, -0.1) is 0 Å². The van der Waals surface area contributed by atoms with Gasteiger partial charge in [-0.3, -0.25) is 13.9 Å². The van der Waals surface area contributed by atoms with E-state index in [1.54, 1.807) is 36.4 Å². The fraction of sp³-hybridized carbons (Fsp3) is 0.278. The molecule has 236 valence electrons. The number of nitrogens with zero attached hydrogens (tertiary/aromatic N) is 2. The van der Waals surface area contributed by atoms with Crippen LogP contribution in [-0.2, 0) is 32.6 Å². The van der Waals surface area contributed by atoms with Gasteiger partial charge in [-0.1, -0.05) is 102 Å². The summed E-state index contributed by atoms with van der Waals surface area (Å²) in [5.74, 6) is -0.879. The van der Waals surface area contributed by atoms with Gasteiger partial charge in [-0.25, -0.2) is 8.42 Å². The maximum absolute atomic E-state index is 14.6. The highest BCUT2D eigenvalue weighted by Gasteiger charge is 2.36. The highest BCUT2D eigenvalue weighted by atomic mass is 35.5. The predicted octanol–water partition coefficient (Wildman–Crippen LogP) is 6.71. The number of carbonyl (C=O) groups is 2. The normalized spacial score (nSPS) is 12.3. The largest absolute Gasteiger partial charge is 0.350 e. The lowest BCUT2D eigenvalue weighted by molar-refractivity contribution is -0.140. The summed E-state index contributed by atoms with van der Waals surface area (Å²) in [6.45, 7) is 8.98. The number of benzene rings is 4. The summed E-state index contributed by atoms with van der Waals surface area (Å²) >= 11 is 6.55. The molecule has 9 heteroatoms. The summed E-state index contributed by atoms with van der Waals surface area (Å²) < 4.78 is 29.3. The monoisotopic (exact) mass is 645 g/mol. The van der Waals surface area contributed by atoms with Gasteiger partial charge >= 0.3 is 0 Å². The van der Waals surface area contributed by atoms with Crippen molar-refractivity contribution < 1.29 is 18.0 Å². The van der Waals surface area contributed by atoms with Crippen molar-refractivity contribution in [2.45, 2.75) is 64.1 Å². The quantitative estimate of drug-likeness (QED) is 0.197. The van der Waals surface area contributed by atoms with Crippen LogP contribution in [0.3, 0.4) is 0 Å². The van der Waals surface area contributed by atoms with Gasteiger partial charge in [0.1, 0.15) is 12.6 Å². The average molecular weight is 646 g/mol. The van der Waals surface area contributed by atoms with Crippen LogP contribution in [0.4, 0.5) is 5.69 Å². The van der Waals surface area contributed by atoms with Crippen LogP contribution in [0.25, 0.3) is 0 Å². The zero-order chi connectivity index (χ0) is 32.8. The van der Waals surface area contributed by atoms with Crippen molar-refractivity contribution in [2.75, 3.05) is 10.8 Å². The molecule has 1 atom stereocenters. The van der Waals surface area contributed by atoms with Crippen LogP contribution in [0.1, 0.15) is 43.0 Å². The number of para-hydroxylation sites is 1. The topological polar surface area (TPSA) is 86.8 Å². The Morgan fingerprint density at radius 3 is 2.04 bits per heavy atom. The second-order valence-electron chi connectivity index (χ2n) is 12.2. The first-order chi connectivity index (χ1) is 21.2. The lowest BCUT2D eigenvalue weighted by Gasteiger charge is -2.35. The van der Waals surface area contributed by atoms with Crippen molar-refractivity contribution in [3.8, 4) is 0 Å². The zero-order valence-corrected chi connectivity index (χ0v) is 27.9. The van der Waals surface area contributed by atoms with Crippen LogP contribution in [0.15, 0.2) is 108 Å². The summed E-state index contributed by atoms with van der Waals surface area (Å²) in [5.41, 5.74) is 3.18. The van der Waals surface area contributed by atoms with Gasteiger partial charge in [0.25, 0.3) is 10.0 Å². The fourth-order valence-corrected chi connectivity index (χ4v) is 6.74. The zero-order valence-electron chi connectivity index (χ0n) is 26.3. The van der Waals surface area contributed by atoms with Gasteiger partial charge in [0.2, 0.25) is 11.8 Å². The van der Waals surface area contributed by atoms with Crippen molar-refractivity contribution in [1.82, 2.24) is 10.2 Å². The molecule has 0 aliphatic heterocycles. The Morgan fingerprint density at radius 2 is 1.42 bits per heavy atom. The Balaban J connectivity index is 1.83. The summed E-state index contributed by atoms with van der Waals surface area (Å²) in [6.07, 6.45) is 0.233. The first-order valence-electron chi connectivity index (χ1n) is 14.8. The molecule has 0 bridgehead atoms. The van der Waals surface area contributed by atoms with Crippen LogP contribution in [-0.4, -0.2) is 43.3 Å². The number of anilines is 1. The van der Waals surface area contributed by atoms with E-state index in [0.717, 1.165) is 26.6 Å². The lowest BCUT2D eigenvalue weighted by atomic mass is 10.0. The molecule has 0 aliphatic rings. The number of halogens is 1. The average Bonchev–Trinajstić information content (AvgIpc) is 2.98. The second-order valence-corrected chi connectivity index (χ2v) is 14.5. The van der Waals surface area contributed by atoms with E-state index in [0.29, 0.717) is 0 Å². The van der Waals surface area contributed by atoms with E-state index < -0.39 is 34.1 Å². The maximum Gasteiger partial charge on any atom is 0.264 e. The van der Waals surface area contributed by atoms with E-state index in [1.165, 1.54) is 17.0 Å². The molecule has 0 radical (unpaired) electrons. The van der Waals surface area contributed by atoms with Gasteiger partial charge in [0, 0.05) is 18.5 Å². The molecular formula is C36H40ClN3O4S. The molecular weight excluding hydrogens is 606 g/mol. The van der Waals surface area contributed by atoms with E-state index in [1.807, 2.05) is 89.2 Å². The molecule has 1 N–H and O–H groups in total. The summed E-state index contributed by atoms with van der Waals surface area (Å²) in [6, 6.07) is 29.2. The van der Waals surface area contributed by atoms with Crippen molar-refractivity contribution in [2.24, 2.45) is 0 Å². The van der Waals surface area contributed by atoms with Gasteiger partial charge in [-0.2, -0.15) is 0 Å². The van der Waals surface area contributed by atoms with E-state index >= 15 is 0 Å². The number of hydrogen-bond acceptors (Lipinski definition) is 4. The molecule has 2 amide bonds. The highest BCUT2D eigenvalue weighted by molar-refractivity contribution is 7.92. The van der Waals surface area contributed by atoms with Crippen molar-refractivity contribution >= 4 is 39.1 Å². The number of aryl methyl sites for hydroxylation is 2. The van der Waals surface area contributed by atoms with Crippen molar-refractivity contribution in [3.05, 3.63) is 130 Å². The maximum atomic E-state index is 14.6. The Hall–Kier alpha value is -4.14. The van der Waals surface area contributed by atoms with E-state index in [9.17, 15) is 18.0 Å². The van der Waals surface area contributed by atoms with Gasteiger partial charge in [0.05, 0.1) is 15.6 Å². The summed E-state index contributed by atoms with van der Waals surface area (Å²) in [7, 11) is -4.23. The molecule has 0 spiro atoms. The van der Waals surface area contributed by atoms with E-state index in [-0.39, 0.29) is 34.5 Å². The third-order valence-corrected chi connectivity index (χ3v) is 9.31. The highest BCUT2D eigenvalue weighted by Crippen LogP contribution is 2.31. The van der Waals surface area contributed by atoms with Crippen molar-refractivity contribution in [3.63, 3.8) is 0 Å². The van der Waals surface area contributed by atoms with Crippen LogP contribution in [0.5, 0.6) is 0 Å². The first-order valence-corrected chi connectivity index (χ1v) is 16.6. The lowest BCUT2D eigenvalue weighted by Crippen LogP contribution is -2.56. The third kappa shape index (κ3) is 8.96. The molecule has 7 nitrogen and oxygen atoms in total. The Bertz CT molecular complexity index is 1740. The van der Waals surface area contributed by atoms with Gasteiger partial charge in [-0.05, 0) is 70.0 Å². The minimum absolute atomic E-state index is 0.0253. The fourth-order valence-electron chi connectivity index (χ4n) is 5.02. The molecule has 0 saturated heterocycles. The predicted molar refractivity (Wildman–Crippen MR) is 181 cm³/mol. The molecule has 0 saturated carbocycles. The van der Waals surface area contributed by atoms with E-state index in [2.05, 4.69) is 5.32 Å². The molecule has 0 aliphatic carbocycles. The minimum atomic E-state index is -4.23. The van der Waals surface area contributed by atoms with Gasteiger partial charge in [0.15, 0.2) is 0 Å². The van der Waals surface area contributed by atoms with Crippen LogP contribution < -0.4 is 9.62 Å². The minimum Gasteiger partial charge on any atom is -0.350 e. The first kappa shape index (κ1) is 33.7. The van der Waals surface area contributed by atoms with Gasteiger partial charge < -0.3 is 10.2 Å². The van der Waals surface area contributed by atoms with E-state index in [4.69, 9.17) is 11.6 Å². The third-order valence-electron chi connectivity index (χ3n) is 7.21. The van der Waals surface area contributed by atoms with Crippen LogP contribution in [0, 0.1) is 13.8 Å². The van der Waals surface area contributed by atoms with Crippen molar-refractivity contribution in [1.29, 1.82) is 0 Å². The molecule has 1 unspecified atom stereocenters. The van der Waals surface area contributed by atoms with Crippen LogP contribution >= 0.6 is 11.6 Å². The SMILES string of the molecule is Cc1ccc(S(=O)(=O)N(CC(=O)N(Cc2cccc(C)c2)C(Cc2ccccc2)C(=O)NC(C)(C)C)c2ccccc2Cl)cc1. The number of nitrogens with one attached hydrogen (secondary N) is 1. The Labute approximate surface area is 271 Å². The number of rotatable bonds is 11. The Kier molecular flexibility index (Phi) is 10.7. The number of amides is 2. The van der Waals surface area contributed by atoms with Crippen LogP contribution in [0.2, 0.25) is 5.02 Å².